The Labute approximate surface area is 135 Å². The summed E-state index contributed by atoms with van der Waals surface area (Å²) < 4.78 is 0. The molecule has 0 atom stereocenters. The van der Waals surface area contributed by atoms with Gasteiger partial charge in [0.05, 0.1) is 7.11 Å². The zero-order chi connectivity index (χ0) is 16.3. The minimum absolute atomic E-state index is 0.102. The zero-order valence-electron chi connectivity index (χ0n) is 12.8. The van der Waals surface area contributed by atoms with Gasteiger partial charge in [-0.3, -0.25) is 9.63 Å². The Morgan fingerprint density at radius 1 is 1.23 bits per heavy atom. The Kier molecular flexibility index (Phi) is 5.45. The van der Waals surface area contributed by atoms with Crippen LogP contribution in [-0.4, -0.2) is 25.1 Å². The number of hydroxylamine groups is 2. The molecule has 1 saturated carbocycles. The first-order chi connectivity index (χ1) is 10.4. The van der Waals surface area contributed by atoms with E-state index in [9.17, 15) is 15.0 Å². The molecule has 0 heterocycles. The summed E-state index contributed by atoms with van der Waals surface area (Å²) in [5.41, 5.74) is 0.209. The third-order valence-corrected chi connectivity index (χ3v) is 4.70. The van der Waals surface area contributed by atoms with Gasteiger partial charge in [0.25, 0.3) is 0 Å². The van der Waals surface area contributed by atoms with Crippen LogP contribution >= 0.6 is 11.6 Å². The Morgan fingerprint density at radius 3 is 2.27 bits per heavy atom. The Balaban J connectivity index is 2.01. The van der Waals surface area contributed by atoms with Gasteiger partial charge in [0.2, 0.25) is 5.91 Å². The van der Waals surface area contributed by atoms with Crippen LogP contribution < -0.4 is 10.2 Å². The highest BCUT2D eigenvalue weighted by atomic mass is 35.5. The van der Waals surface area contributed by atoms with Gasteiger partial charge in [-0.1, -0.05) is 48.1 Å². The monoisotopic (exact) mass is 325 g/mol. The summed E-state index contributed by atoms with van der Waals surface area (Å²) >= 11 is 5.79. The van der Waals surface area contributed by atoms with Crippen LogP contribution in [0.4, 0.5) is 0 Å². The highest BCUT2D eigenvalue weighted by Gasteiger charge is 2.31. The lowest BCUT2D eigenvalue weighted by atomic mass is 9.75. The van der Waals surface area contributed by atoms with Crippen LogP contribution in [0, 0.1) is 11.8 Å². The summed E-state index contributed by atoms with van der Waals surface area (Å²) in [7, 11) is 3.00. The van der Waals surface area contributed by atoms with E-state index in [1.165, 1.54) is 24.3 Å². The molecule has 22 heavy (non-hydrogen) atoms. The molecule has 1 aliphatic rings. The van der Waals surface area contributed by atoms with Gasteiger partial charge in [-0.05, 0) is 25.0 Å². The predicted molar refractivity (Wildman–Crippen MR) is 78.4 cm³/mol. The lowest BCUT2D eigenvalue weighted by Gasteiger charge is -2.57. The molecule has 0 aliphatic heterocycles. The fraction of sp³-hybridized carbons (Fsp3) is 0.562. The fourth-order valence-corrected chi connectivity index (χ4v) is 3.11. The van der Waals surface area contributed by atoms with E-state index in [2.05, 4.69) is 0 Å². The van der Waals surface area contributed by atoms with Crippen molar-refractivity contribution in [2.24, 2.45) is 11.8 Å². The van der Waals surface area contributed by atoms with Crippen molar-refractivity contribution in [3.63, 3.8) is 0 Å². The second kappa shape index (κ2) is 6.96. The third kappa shape index (κ3) is 3.60. The maximum Gasteiger partial charge on any atom is 0.248 e. The smallest absolute Gasteiger partial charge is 0.248 e. The average Bonchev–Trinajstić information content (AvgIpc) is 2.54. The van der Waals surface area contributed by atoms with Crippen LogP contribution in [0.15, 0.2) is 24.3 Å². The van der Waals surface area contributed by atoms with Crippen LogP contribution in [0.5, 0.6) is 0 Å². The highest BCUT2D eigenvalue weighted by molar-refractivity contribution is 6.30. The summed E-state index contributed by atoms with van der Waals surface area (Å²) in [6.45, 7) is 0. The maximum atomic E-state index is 12.5. The van der Waals surface area contributed by atoms with Crippen molar-refractivity contribution in [2.45, 2.75) is 31.5 Å². The molecule has 0 aromatic heterocycles. The number of amides is 1. The molecule has 2 rings (SSSR count). The van der Waals surface area contributed by atoms with Gasteiger partial charge in [-0.25, -0.2) is 5.06 Å². The Hall–Kier alpha value is -1.14. The molecule has 5 nitrogen and oxygen atoms in total. The number of carbonyl (C=O) groups is 1. The molecular formula is C16H20ClNO4-2. The molecule has 1 aromatic carbocycles. The highest BCUT2D eigenvalue weighted by Crippen LogP contribution is 2.37. The molecule has 0 bridgehead atoms. The van der Waals surface area contributed by atoms with E-state index in [-0.39, 0.29) is 17.4 Å². The lowest BCUT2D eigenvalue weighted by molar-refractivity contribution is -0.748. The second-order valence-corrected chi connectivity index (χ2v) is 6.18. The number of halogens is 1. The van der Waals surface area contributed by atoms with E-state index in [1.807, 2.05) is 0 Å². The molecular weight excluding hydrogens is 306 g/mol. The summed E-state index contributed by atoms with van der Waals surface area (Å²) in [4.78, 5) is 16.9. The third-order valence-electron chi connectivity index (χ3n) is 4.44. The Bertz CT molecular complexity index is 509. The van der Waals surface area contributed by atoms with Crippen LogP contribution in [0.2, 0.25) is 5.02 Å². The molecule has 1 amide bonds. The van der Waals surface area contributed by atoms with Crippen LogP contribution in [0.3, 0.4) is 0 Å². The number of hydrogen-bond donors (Lipinski definition) is 0. The largest absolute Gasteiger partial charge is 0.859 e. The first-order valence-electron chi connectivity index (χ1n) is 7.34. The summed E-state index contributed by atoms with van der Waals surface area (Å²) in [5.74, 6) is -3.20. The van der Waals surface area contributed by atoms with Crippen molar-refractivity contribution in [3.05, 3.63) is 34.9 Å². The van der Waals surface area contributed by atoms with Crippen LogP contribution in [0.25, 0.3) is 0 Å². The van der Waals surface area contributed by atoms with E-state index in [1.54, 1.807) is 19.2 Å². The van der Waals surface area contributed by atoms with Crippen LogP contribution in [-0.2, 0) is 15.4 Å². The number of rotatable bonds is 4. The van der Waals surface area contributed by atoms with E-state index < -0.39 is 11.7 Å². The van der Waals surface area contributed by atoms with Crippen molar-refractivity contribution in [1.29, 1.82) is 0 Å². The molecule has 6 heteroatoms. The summed E-state index contributed by atoms with van der Waals surface area (Å²) in [6.07, 6.45) is 1.97. The first-order valence-corrected chi connectivity index (χ1v) is 7.72. The molecule has 1 aromatic rings. The number of benzene rings is 1. The standard InChI is InChI=1S/C16H20ClNO4/c1-18(22-2)15(19)11-3-5-12(6-4-11)16(20,21)13-7-9-14(17)10-8-13/h7-12H,3-6H2,1-2H3/q-2. The van der Waals surface area contributed by atoms with Crippen molar-refractivity contribution in [2.75, 3.05) is 14.2 Å². The van der Waals surface area contributed by atoms with Gasteiger partial charge >= 0.3 is 0 Å². The van der Waals surface area contributed by atoms with Gasteiger partial charge in [0.1, 0.15) is 0 Å². The lowest BCUT2D eigenvalue weighted by Crippen LogP contribution is -2.59. The molecule has 1 fully saturated rings. The average molecular weight is 326 g/mol. The maximum absolute atomic E-state index is 12.5. The number of carbonyl (C=O) groups excluding carboxylic acids is 1. The van der Waals surface area contributed by atoms with Crippen molar-refractivity contribution < 1.29 is 19.8 Å². The minimum Gasteiger partial charge on any atom is -0.859 e. The predicted octanol–water partition coefficient (Wildman–Crippen LogP) is 1.04. The van der Waals surface area contributed by atoms with Crippen molar-refractivity contribution in [1.82, 2.24) is 5.06 Å². The van der Waals surface area contributed by atoms with Gasteiger partial charge in [-0.2, -0.15) is 5.79 Å². The summed E-state index contributed by atoms with van der Waals surface area (Å²) in [5, 5.41) is 26.7. The molecule has 122 valence electrons. The van der Waals surface area contributed by atoms with Gasteiger partial charge in [0.15, 0.2) is 0 Å². The minimum atomic E-state index is -2.40. The van der Waals surface area contributed by atoms with Gasteiger partial charge < -0.3 is 10.2 Å². The Morgan fingerprint density at radius 2 is 1.77 bits per heavy atom. The molecule has 0 spiro atoms. The van der Waals surface area contributed by atoms with Crippen molar-refractivity contribution >= 4 is 17.5 Å². The van der Waals surface area contributed by atoms with E-state index in [0.29, 0.717) is 30.7 Å². The second-order valence-electron chi connectivity index (χ2n) is 5.74. The van der Waals surface area contributed by atoms with E-state index in [0.717, 1.165) is 0 Å². The SMILES string of the molecule is CON(C)C(=O)C1CCC(C([O-])([O-])c2ccc(Cl)cc2)CC1. The normalized spacial score (nSPS) is 22.4. The number of hydrogen-bond acceptors (Lipinski definition) is 4. The van der Waals surface area contributed by atoms with Gasteiger partial charge in [0, 0.05) is 18.0 Å². The zero-order valence-corrected chi connectivity index (χ0v) is 13.5. The fourth-order valence-electron chi connectivity index (χ4n) is 2.99. The molecule has 0 unspecified atom stereocenters. The number of nitrogens with zero attached hydrogens (tertiary/aromatic N) is 1. The van der Waals surface area contributed by atoms with Gasteiger partial charge in [-0.15, -0.1) is 0 Å². The van der Waals surface area contributed by atoms with Crippen LogP contribution in [0.1, 0.15) is 31.2 Å². The topological polar surface area (TPSA) is 75.7 Å². The quantitative estimate of drug-likeness (QED) is 0.612. The molecule has 0 N–H and O–H groups in total. The molecule has 0 radical (unpaired) electrons. The van der Waals surface area contributed by atoms with E-state index >= 15 is 0 Å². The first kappa shape index (κ1) is 17.2. The van der Waals surface area contributed by atoms with Crippen molar-refractivity contribution in [3.8, 4) is 0 Å². The molecule has 0 saturated heterocycles. The molecule has 1 aliphatic carbocycles. The van der Waals surface area contributed by atoms with E-state index in [4.69, 9.17) is 16.4 Å². The summed E-state index contributed by atoms with van der Waals surface area (Å²) in [6, 6.07) is 6.12.